The molecule has 1 fully saturated rings. The molecule has 0 aromatic heterocycles. The van der Waals surface area contributed by atoms with Gasteiger partial charge in [0.25, 0.3) is 0 Å². The molecule has 0 aromatic carbocycles. The van der Waals surface area contributed by atoms with Crippen LogP contribution in [0.1, 0.15) is 26.7 Å². The molecule has 1 aliphatic heterocycles. The first-order valence-corrected chi connectivity index (χ1v) is 4.68. The van der Waals surface area contributed by atoms with Gasteiger partial charge in [-0.15, -0.1) is 0 Å². The number of nitrogens with one attached hydrogen (secondary N) is 2. The second-order valence-corrected chi connectivity index (χ2v) is 3.87. The van der Waals surface area contributed by atoms with Gasteiger partial charge in [-0.3, -0.25) is 0 Å². The van der Waals surface area contributed by atoms with E-state index in [2.05, 4.69) is 24.5 Å². The Bertz CT molecular complexity index is 106. The Morgan fingerprint density at radius 2 is 2.36 bits per heavy atom. The molecule has 1 heterocycles. The highest BCUT2D eigenvalue weighted by Gasteiger charge is 2.25. The quantitative estimate of drug-likeness (QED) is 0.636. The van der Waals surface area contributed by atoms with Gasteiger partial charge < -0.3 is 10.6 Å². The van der Waals surface area contributed by atoms with Crippen molar-refractivity contribution < 1.29 is 0 Å². The first kappa shape index (κ1) is 9.01. The topological polar surface area (TPSA) is 24.1 Å². The SMILES string of the molecule is CCNCC1(C)CCCNC1. The van der Waals surface area contributed by atoms with E-state index in [9.17, 15) is 0 Å². The maximum Gasteiger partial charge on any atom is 0.00173 e. The molecule has 0 amide bonds. The van der Waals surface area contributed by atoms with Crippen LogP contribution < -0.4 is 10.6 Å². The molecule has 66 valence electrons. The van der Waals surface area contributed by atoms with Gasteiger partial charge in [-0.1, -0.05) is 13.8 Å². The highest BCUT2D eigenvalue weighted by atomic mass is 14.9. The zero-order valence-electron chi connectivity index (χ0n) is 7.74. The third-order valence-electron chi connectivity index (χ3n) is 2.49. The van der Waals surface area contributed by atoms with Crippen LogP contribution in [-0.4, -0.2) is 26.2 Å². The average molecular weight is 156 g/mol. The fraction of sp³-hybridized carbons (Fsp3) is 1.00. The average Bonchev–Trinajstić information content (AvgIpc) is 2.03. The van der Waals surface area contributed by atoms with Crippen molar-refractivity contribution in [2.24, 2.45) is 5.41 Å². The van der Waals surface area contributed by atoms with Crippen molar-refractivity contribution in [3.05, 3.63) is 0 Å². The van der Waals surface area contributed by atoms with Gasteiger partial charge in [-0.05, 0) is 31.3 Å². The molecule has 0 saturated carbocycles. The summed E-state index contributed by atoms with van der Waals surface area (Å²) in [6.45, 7) is 9.18. The number of hydrogen-bond acceptors (Lipinski definition) is 2. The summed E-state index contributed by atoms with van der Waals surface area (Å²) < 4.78 is 0. The summed E-state index contributed by atoms with van der Waals surface area (Å²) in [6, 6.07) is 0. The van der Waals surface area contributed by atoms with Gasteiger partial charge in [0.15, 0.2) is 0 Å². The van der Waals surface area contributed by atoms with Crippen LogP contribution in [0.4, 0.5) is 0 Å². The van der Waals surface area contributed by atoms with E-state index in [0.29, 0.717) is 5.41 Å². The third kappa shape index (κ3) is 2.80. The molecule has 0 aliphatic carbocycles. The van der Waals surface area contributed by atoms with Crippen LogP contribution in [0.25, 0.3) is 0 Å². The maximum atomic E-state index is 3.44. The van der Waals surface area contributed by atoms with Crippen LogP contribution in [-0.2, 0) is 0 Å². The minimum atomic E-state index is 0.508. The zero-order valence-corrected chi connectivity index (χ0v) is 7.74. The van der Waals surface area contributed by atoms with E-state index in [1.807, 2.05) is 0 Å². The van der Waals surface area contributed by atoms with E-state index < -0.39 is 0 Å². The fourth-order valence-corrected chi connectivity index (χ4v) is 1.70. The number of piperidine rings is 1. The molecular weight excluding hydrogens is 136 g/mol. The minimum absolute atomic E-state index is 0.508. The molecule has 11 heavy (non-hydrogen) atoms. The predicted octanol–water partition coefficient (Wildman–Crippen LogP) is 0.986. The van der Waals surface area contributed by atoms with E-state index in [4.69, 9.17) is 0 Å². The Hall–Kier alpha value is -0.0800. The summed E-state index contributed by atoms with van der Waals surface area (Å²) in [4.78, 5) is 0. The summed E-state index contributed by atoms with van der Waals surface area (Å²) in [5.41, 5.74) is 0.508. The van der Waals surface area contributed by atoms with Crippen molar-refractivity contribution in [3.8, 4) is 0 Å². The monoisotopic (exact) mass is 156 g/mol. The van der Waals surface area contributed by atoms with Crippen molar-refractivity contribution in [2.75, 3.05) is 26.2 Å². The first-order chi connectivity index (χ1) is 5.27. The lowest BCUT2D eigenvalue weighted by molar-refractivity contribution is 0.228. The molecule has 0 spiro atoms. The van der Waals surface area contributed by atoms with Crippen LogP contribution in [0.15, 0.2) is 0 Å². The van der Waals surface area contributed by atoms with Crippen molar-refractivity contribution >= 4 is 0 Å². The lowest BCUT2D eigenvalue weighted by Gasteiger charge is -2.34. The second-order valence-electron chi connectivity index (χ2n) is 3.87. The Kier molecular flexibility index (Phi) is 3.34. The number of hydrogen-bond donors (Lipinski definition) is 2. The summed E-state index contributed by atoms with van der Waals surface area (Å²) in [5.74, 6) is 0. The fourth-order valence-electron chi connectivity index (χ4n) is 1.70. The Balaban J connectivity index is 2.25. The predicted molar refractivity (Wildman–Crippen MR) is 48.8 cm³/mol. The maximum absolute atomic E-state index is 3.44. The molecule has 2 nitrogen and oxygen atoms in total. The smallest absolute Gasteiger partial charge is 0.00173 e. The van der Waals surface area contributed by atoms with Gasteiger partial charge in [0.05, 0.1) is 0 Å². The van der Waals surface area contributed by atoms with Crippen LogP contribution in [0.2, 0.25) is 0 Å². The molecule has 2 heteroatoms. The van der Waals surface area contributed by atoms with Gasteiger partial charge in [0.1, 0.15) is 0 Å². The Morgan fingerprint density at radius 3 is 2.91 bits per heavy atom. The molecular formula is C9H20N2. The van der Waals surface area contributed by atoms with Crippen molar-refractivity contribution in [1.29, 1.82) is 0 Å². The molecule has 1 atom stereocenters. The molecule has 1 saturated heterocycles. The van der Waals surface area contributed by atoms with Gasteiger partial charge in [0, 0.05) is 13.1 Å². The van der Waals surface area contributed by atoms with Crippen LogP contribution >= 0.6 is 0 Å². The summed E-state index contributed by atoms with van der Waals surface area (Å²) in [6.07, 6.45) is 2.70. The summed E-state index contributed by atoms with van der Waals surface area (Å²) in [7, 11) is 0. The van der Waals surface area contributed by atoms with Crippen LogP contribution in [0, 0.1) is 5.41 Å². The van der Waals surface area contributed by atoms with Crippen LogP contribution in [0.3, 0.4) is 0 Å². The zero-order chi connectivity index (χ0) is 8.16. The summed E-state index contributed by atoms with van der Waals surface area (Å²) >= 11 is 0. The molecule has 2 N–H and O–H groups in total. The Morgan fingerprint density at radius 1 is 1.55 bits per heavy atom. The van der Waals surface area contributed by atoms with E-state index >= 15 is 0 Å². The minimum Gasteiger partial charge on any atom is -0.316 e. The molecule has 0 aromatic rings. The van der Waals surface area contributed by atoms with Gasteiger partial charge in [-0.2, -0.15) is 0 Å². The van der Waals surface area contributed by atoms with Gasteiger partial charge in [0.2, 0.25) is 0 Å². The Labute approximate surface area is 69.8 Å². The van der Waals surface area contributed by atoms with E-state index in [1.54, 1.807) is 0 Å². The molecule has 1 unspecified atom stereocenters. The van der Waals surface area contributed by atoms with Crippen molar-refractivity contribution in [1.82, 2.24) is 10.6 Å². The molecule has 1 aliphatic rings. The normalized spacial score (nSPS) is 32.2. The number of rotatable bonds is 3. The molecule has 0 bridgehead atoms. The molecule has 1 rings (SSSR count). The summed E-state index contributed by atoms with van der Waals surface area (Å²) in [5, 5.41) is 6.86. The lowest BCUT2D eigenvalue weighted by atomic mass is 9.83. The van der Waals surface area contributed by atoms with Crippen molar-refractivity contribution in [3.63, 3.8) is 0 Å². The van der Waals surface area contributed by atoms with Gasteiger partial charge >= 0.3 is 0 Å². The van der Waals surface area contributed by atoms with Crippen LogP contribution in [0.5, 0.6) is 0 Å². The standard InChI is InChI=1S/C9H20N2/c1-3-10-7-9(2)5-4-6-11-8-9/h10-11H,3-8H2,1-2H3. The first-order valence-electron chi connectivity index (χ1n) is 4.68. The third-order valence-corrected chi connectivity index (χ3v) is 2.49. The highest BCUT2D eigenvalue weighted by molar-refractivity contribution is 4.82. The van der Waals surface area contributed by atoms with E-state index in [-0.39, 0.29) is 0 Å². The largest absolute Gasteiger partial charge is 0.316 e. The lowest BCUT2D eigenvalue weighted by Crippen LogP contribution is -2.44. The van der Waals surface area contributed by atoms with E-state index in [1.165, 1.54) is 25.9 Å². The van der Waals surface area contributed by atoms with Crippen molar-refractivity contribution in [2.45, 2.75) is 26.7 Å². The van der Waals surface area contributed by atoms with E-state index in [0.717, 1.165) is 13.1 Å². The van der Waals surface area contributed by atoms with Gasteiger partial charge in [-0.25, -0.2) is 0 Å². The highest BCUT2D eigenvalue weighted by Crippen LogP contribution is 2.23. The molecule has 0 radical (unpaired) electrons. The second kappa shape index (κ2) is 4.07.